The maximum Gasteiger partial charge on any atom is 0.140 e. The molecule has 5 heteroatoms. The zero-order valence-corrected chi connectivity index (χ0v) is 10.2. The van der Waals surface area contributed by atoms with Gasteiger partial charge in [-0.15, -0.1) is 0 Å². The maximum atomic E-state index is 8.90. The minimum absolute atomic E-state index is 0.0370. The van der Waals surface area contributed by atoms with Gasteiger partial charge in [0, 0.05) is 23.1 Å². The van der Waals surface area contributed by atoms with E-state index in [4.69, 9.17) is 28.0 Å². The van der Waals surface area contributed by atoms with E-state index in [-0.39, 0.29) is 5.75 Å². The number of anilines is 4. The number of rotatable bonds is 0. The Hall–Kier alpha value is -2.56. The molecule has 0 radical (unpaired) electrons. The number of hydrogen-bond donors (Lipinski definition) is 5. The predicted molar refractivity (Wildman–Crippen MR) is 76.9 cm³/mol. The van der Waals surface area contributed by atoms with Gasteiger partial charge in [0.25, 0.3) is 0 Å². The Morgan fingerprint density at radius 1 is 0.833 bits per heavy atom. The van der Waals surface area contributed by atoms with Gasteiger partial charge in [-0.2, -0.15) is 0 Å². The van der Waals surface area contributed by atoms with Crippen LogP contribution in [0.4, 0.5) is 22.7 Å². The van der Waals surface area contributed by atoms with E-state index < -0.39 is 0 Å². The number of hydrogen-bond acceptors (Lipinski definition) is 5. The summed E-state index contributed by atoms with van der Waals surface area (Å²) in [6.07, 6.45) is 0. The highest BCUT2D eigenvalue weighted by Crippen LogP contribution is 2.21. The second kappa shape index (κ2) is 5.67. The number of aromatic hydroxyl groups is 1. The summed E-state index contributed by atoms with van der Waals surface area (Å²) in [7, 11) is 0. The summed E-state index contributed by atoms with van der Waals surface area (Å²) in [5.41, 5.74) is 25.0. The number of nitrogen functional groups attached to an aromatic ring is 4. The summed E-state index contributed by atoms with van der Waals surface area (Å²) >= 11 is 0. The molecular weight excluding hydrogens is 228 g/mol. The van der Waals surface area contributed by atoms with Gasteiger partial charge >= 0.3 is 0 Å². The maximum absolute atomic E-state index is 8.90. The van der Waals surface area contributed by atoms with E-state index in [9.17, 15) is 0 Å². The fourth-order valence-electron chi connectivity index (χ4n) is 1.23. The molecule has 0 unspecified atom stereocenters. The van der Waals surface area contributed by atoms with Gasteiger partial charge in [0.05, 0.1) is 5.69 Å². The number of phenols is 1. The van der Waals surface area contributed by atoms with Crippen LogP contribution in [0.5, 0.6) is 5.75 Å². The van der Waals surface area contributed by atoms with Crippen LogP contribution in [0.1, 0.15) is 5.56 Å². The smallest absolute Gasteiger partial charge is 0.140 e. The highest BCUT2D eigenvalue weighted by atomic mass is 16.3. The zero-order chi connectivity index (χ0) is 13.7. The average Bonchev–Trinajstić information content (AvgIpc) is 2.32. The van der Waals surface area contributed by atoms with E-state index >= 15 is 0 Å². The Balaban J connectivity index is 0.000000180. The molecule has 0 aliphatic carbocycles. The van der Waals surface area contributed by atoms with Crippen LogP contribution in [0, 0.1) is 6.92 Å². The van der Waals surface area contributed by atoms with Crippen molar-refractivity contribution in [2.24, 2.45) is 0 Å². The van der Waals surface area contributed by atoms with E-state index in [1.807, 2.05) is 25.1 Å². The molecule has 0 saturated carbocycles. The molecule has 18 heavy (non-hydrogen) atoms. The minimum Gasteiger partial charge on any atom is -0.506 e. The van der Waals surface area contributed by atoms with E-state index in [0.29, 0.717) is 11.4 Å². The van der Waals surface area contributed by atoms with Crippen molar-refractivity contribution in [2.45, 2.75) is 6.92 Å². The van der Waals surface area contributed by atoms with Crippen LogP contribution in [-0.4, -0.2) is 5.11 Å². The van der Waals surface area contributed by atoms with Crippen molar-refractivity contribution in [3.63, 3.8) is 0 Å². The molecule has 2 rings (SSSR count). The number of benzene rings is 2. The van der Waals surface area contributed by atoms with E-state index in [2.05, 4.69) is 0 Å². The molecule has 0 saturated heterocycles. The molecule has 0 aromatic heterocycles. The van der Waals surface area contributed by atoms with Gasteiger partial charge in [-0.1, -0.05) is 6.07 Å². The fourth-order valence-corrected chi connectivity index (χ4v) is 1.23. The molecule has 0 fully saturated rings. The summed E-state index contributed by atoms with van der Waals surface area (Å²) in [4.78, 5) is 0. The Bertz CT molecular complexity index is 520. The van der Waals surface area contributed by atoms with E-state index in [1.165, 1.54) is 6.07 Å². The Morgan fingerprint density at radius 3 is 1.78 bits per heavy atom. The summed E-state index contributed by atoms with van der Waals surface area (Å²) in [6, 6.07) is 10.1. The van der Waals surface area contributed by atoms with Gasteiger partial charge < -0.3 is 28.0 Å². The molecule has 96 valence electrons. The lowest BCUT2D eigenvalue weighted by atomic mass is 10.2. The van der Waals surface area contributed by atoms with Crippen LogP contribution >= 0.6 is 0 Å². The molecule has 0 spiro atoms. The van der Waals surface area contributed by atoms with Gasteiger partial charge in [-0.25, -0.2) is 0 Å². The highest BCUT2D eigenvalue weighted by Gasteiger charge is 1.94. The van der Waals surface area contributed by atoms with Crippen LogP contribution in [-0.2, 0) is 0 Å². The third kappa shape index (κ3) is 3.48. The molecule has 9 N–H and O–H groups in total. The Morgan fingerprint density at radius 2 is 1.39 bits per heavy atom. The Labute approximate surface area is 106 Å². The van der Waals surface area contributed by atoms with Gasteiger partial charge in [0.15, 0.2) is 0 Å². The van der Waals surface area contributed by atoms with E-state index in [0.717, 1.165) is 16.9 Å². The quantitative estimate of drug-likeness (QED) is 0.357. The lowest BCUT2D eigenvalue weighted by Gasteiger charge is -2.00. The number of nitrogens with two attached hydrogens (primary N) is 4. The molecule has 0 atom stereocenters. The summed E-state index contributed by atoms with van der Waals surface area (Å²) < 4.78 is 0. The largest absolute Gasteiger partial charge is 0.506 e. The summed E-state index contributed by atoms with van der Waals surface area (Å²) in [5, 5.41) is 8.90. The minimum atomic E-state index is 0.0370. The summed E-state index contributed by atoms with van der Waals surface area (Å²) in [5.74, 6) is 0.0370. The molecule has 0 aliphatic heterocycles. The lowest BCUT2D eigenvalue weighted by molar-refractivity contribution is 0.478. The molecule has 2 aromatic rings. The molecule has 0 bridgehead atoms. The molecule has 5 nitrogen and oxygen atoms in total. The van der Waals surface area contributed by atoms with Crippen molar-refractivity contribution in [3.05, 3.63) is 42.0 Å². The third-order valence-electron chi connectivity index (χ3n) is 2.47. The van der Waals surface area contributed by atoms with Crippen LogP contribution in [0.2, 0.25) is 0 Å². The second-order valence-electron chi connectivity index (χ2n) is 3.88. The first-order valence-corrected chi connectivity index (χ1v) is 5.36. The molecule has 2 aromatic carbocycles. The first kappa shape index (κ1) is 13.5. The van der Waals surface area contributed by atoms with Gasteiger partial charge in [-0.3, -0.25) is 0 Å². The highest BCUT2D eigenvalue weighted by molar-refractivity contribution is 5.60. The van der Waals surface area contributed by atoms with Gasteiger partial charge in [0.2, 0.25) is 0 Å². The van der Waals surface area contributed by atoms with Gasteiger partial charge in [0.1, 0.15) is 5.75 Å². The topological polar surface area (TPSA) is 124 Å². The van der Waals surface area contributed by atoms with Crippen molar-refractivity contribution >= 4 is 22.7 Å². The SMILES string of the molecule is Cc1c(N)cccc1N.Nc1ccc(N)c(O)c1. The van der Waals surface area contributed by atoms with Gasteiger partial charge in [-0.05, 0) is 36.8 Å². The lowest BCUT2D eigenvalue weighted by Crippen LogP contribution is -1.94. The standard InChI is InChI=1S/C7H10N2.C6H8N2O/c1-5-6(8)3-2-4-7(5)9;7-4-1-2-5(8)6(9)3-4/h2-4H,8-9H2,1H3;1-3,9H,7-8H2. The van der Waals surface area contributed by atoms with Crippen molar-refractivity contribution < 1.29 is 5.11 Å². The molecular formula is C13H18N4O. The first-order chi connectivity index (χ1) is 8.41. The zero-order valence-electron chi connectivity index (χ0n) is 10.2. The molecule has 0 heterocycles. The van der Waals surface area contributed by atoms with Crippen LogP contribution in [0.3, 0.4) is 0 Å². The normalized spacial score (nSPS) is 9.39. The second-order valence-corrected chi connectivity index (χ2v) is 3.88. The van der Waals surface area contributed by atoms with Crippen LogP contribution in [0.15, 0.2) is 36.4 Å². The monoisotopic (exact) mass is 246 g/mol. The van der Waals surface area contributed by atoms with Crippen molar-refractivity contribution in [1.29, 1.82) is 0 Å². The fraction of sp³-hybridized carbons (Fsp3) is 0.0769. The van der Waals surface area contributed by atoms with Crippen molar-refractivity contribution in [1.82, 2.24) is 0 Å². The van der Waals surface area contributed by atoms with Crippen molar-refractivity contribution in [3.8, 4) is 5.75 Å². The Kier molecular flexibility index (Phi) is 4.26. The van der Waals surface area contributed by atoms with Crippen LogP contribution in [0.25, 0.3) is 0 Å². The van der Waals surface area contributed by atoms with Crippen molar-refractivity contribution in [2.75, 3.05) is 22.9 Å². The third-order valence-corrected chi connectivity index (χ3v) is 2.47. The molecule has 0 aliphatic rings. The van der Waals surface area contributed by atoms with Crippen LogP contribution < -0.4 is 22.9 Å². The average molecular weight is 246 g/mol. The first-order valence-electron chi connectivity index (χ1n) is 5.36. The predicted octanol–water partition coefficient (Wildman–Crippen LogP) is 1.72. The van der Waals surface area contributed by atoms with E-state index in [1.54, 1.807) is 12.1 Å². The number of phenolic OH excluding ortho intramolecular Hbond substituents is 1. The summed E-state index contributed by atoms with van der Waals surface area (Å²) in [6.45, 7) is 1.91. The molecule has 0 amide bonds.